The van der Waals surface area contributed by atoms with Crippen molar-refractivity contribution in [1.82, 2.24) is 4.31 Å². The predicted molar refractivity (Wildman–Crippen MR) is 80.2 cm³/mol. The normalized spacial score (nSPS) is 19.7. The molecule has 0 spiro atoms. The van der Waals surface area contributed by atoms with Crippen LogP contribution in [0.2, 0.25) is 5.02 Å². The molecule has 1 heterocycles. The molecule has 0 saturated carbocycles. The van der Waals surface area contributed by atoms with Crippen molar-refractivity contribution in [2.75, 3.05) is 20.2 Å². The third kappa shape index (κ3) is 3.18. The second-order valence-corrected chi connectivity index (χ2v) is 7.77. The van der Waals surface area contributed by atoms with Gasteiger partial charge in [0.2, 0.25) is 10.0 Å². The molecule has 116 valence electrons. The zero-order valence-corrected chi connectivity index (χ0v) is 14.2. The minimum absolute atomic E-state index is 0.000612. The van der Waals surface area contributed by atoms with Gasteiger partial charge in [-0.25, -0.2) is 8.42 Å². The first-order valence-corrected chi connectivity index (χ1v) is 8.64. The first-order chi connectivity index (χ1) is 9.77. The summed E-state index contributed by atoms with van der Waals surface area (Å²) in [5, 5.41) is 9.14. The van der Waals surface area contributed by atoms with Crippen LogP contribution < -0.4 is 4.74 Å². The molecule has 1 atom stereocenters. The van der Waals surface area contributed by atoms with Crippen LogP contribution in [0, 0.1) is 5.92 Å². The standard InChI is InChI=1S/C12H13BrClNO5S/c1-20-10-4-8(13)11(5-9(10)14)21(18,19)15-3-2-7(6-15)12(16)17/h4-5,7H,2-3,6H2,1H3,(H,16,17). The smallest absolute Gasteiger partial charge is 0.307 e. The van der Waals surface area contributed by atoms with Gasteiger partial charge in [-0.05, 0) is 34.5 Å². The number of carbonyl (C=O) groups is 1. The molecule has 9 heteroatoms. The predicted octanol–water partition coefficient (Wildman–Crippen LogP) is 2.21. The zero-order valence-electron chi connectivity index (χ0n) is 11.0. The van der Waals surface area contributed by atoms with Gasteiger partial charge in [-0.3, -0.25) is 4.79 Å². The average molecular weight is 399 g/mol. The molecular formula is C12H13BrClNO5S. The van der Waals surface area contributed by atoms with E-state index in [4.69, 9.17) is 21.4 Å². The molecule has 2 rings (SSSR count). The van der Waals surface area contributed by atoms with Gasteiger partial charge in [0.15, 0.2) is 0 Å². The summed E-state index contributed by atoms with van der Waals surface area (Å²) in [5.41, 5.74) is 0. The lowest BCUT2D eigenvalue weighted by atomic mass is 10.1. The van der Waals surface area contributed by atoms with E-state index in [9.17, 15) is 13.2 Å². The maximum absolute atomic E-state index is 12.6. The van der Waals surface area contributed by atoms with Crippen molar-refractivity contribution < 1.29 is 23.1 Å². The number of benzene rings is 1. The van der Waals surface area contributed by atoms with Gasteiger partial charge < -0.3 is 9.84 Å². The van der Waals surface area contributed by atoms with Crippen LogP contribution in [0.15, 0.2) is 21.5 Å². The van der Waals surface area contributed by atoms with Gasteiger partial charge in [-0.15, -0.1) is 0 Å². The molecule has 1 aliphatic heterocycles. The van der Waals surface area contributed by atoms with E-state index in [0.29, 0.717) is 16.6 Å². The van der Waals surface area contributed by atoms with Crippen LogP contribution in [0.5, 0.6) is 5.75 Å². The summed E-state index contributed by atoms with van der Waals surface area (Å²) in [7, 11) is -2.37. The van der Waals surface area contributed by atoms with Gasteiger partial charge in [0, 0.05) is 17.6 Å². The van der Waals surface area contributed by atoms with Crippen molar-refractivity contribution in [1.29, 1.82) is 0 Å². The van der Waals surface area contributed by atoms with Crippen molar-refractivity contribution in [3.05, 3.63) is 21.6 Å². The van der Waals surface area contributed by atoms with Crippen LogP contribution >= 0.6 is 27.5 Å². The maximum atomic E-state index is 12.6. The highest BCUT2D eigenvalue weighted by atomic mass is 79.9. The minimum atomic E-state index is -3.80. The highest BCUT2D eigenvalue weighted by Gasteiger charge is 2.36. The van der Waals surface area contributed by atoms with Crippen LogP contribution in [0.3, 0.4) is 0 Å². The Morgan fingerprint density at radius 1 is 1.52 bits per heavy atom. The van der Waals surface area contributed by atoms with Gasteiger partial charge in [0.1, 0.15) is 5.75 Å². The number of methoxy groups -OCH3 is 1. The molecule has 0 amide bonds. The largest absolute Gasteiger partial charge is 0.495 e. The number of sulfonamides is 1. The number of carboxylic acids is 1. The quantitative estimate of drug-likeness (QED) is 0.840. The van der Waals surface area contributed by atoms with E-state index >= 15 is 0 Å². The van der Waals surface area contributed by atoms with E-state index in [1.54, 1.807) is 0 Å². The van der Waals surface area contributed by atoms with Crippen molar-refractivity contribution in [3.8, 4) is 5.75 Å². The number of nitrogens with zero attached hydrogens (tertiary/aromatic N) is 1. The fraction of sp³-hybridized carbons (Fsp3) is 0.417. The summed E-state index contributed by atoms with van der Waals surface area (Å²) in [6.45, 7) is 0.142. The average Bonchev–Trinajstić information content (AvgIpc) is 2.91. The molecule has 1 aliphatic rings. The second kappa shape index (κ2) is 6.12. The molecule has 1 saturated heterocycles. The highest BCUT2D eigenvalue weighted by Crippen LogP contribution is 2.36. The molecule has 0 aliphatic carbocycles. The summed E-state index contributed by atoms with van der Waals surface area (Å²) in [4.78, 5) is 10.9. The Morgan fingerprint density at radius 3 is 2.71 bits per heavy atom. The molecule has 1 fully saturated rings. The first kappa shape index (κ1) is 16.5. The van der Waals surface area contributed by atoms with Gasteiger partial charge in [-0.1, -0.05) is 11.6 Å². The SMILES string of the molecule is COc1cc(Br)c(S(=O)(=O)N2CCC(C(=O)O)C2)cc1Cl. The lowest BCUT2D eigenvalue weighted by Crippen LogP contribution is -2.30. The second-order valence-electron chi connectivity index (χ2n) is 4.60. The number of carboxylic acid groups (broad SMARTS) is 1. The van der Waals surface area contributed by atoms with Crippen molar-refractivity contribution >= 4 is 43.5 Å². The molecule has 1 aromatic carbocycles. The van der Waals surface area contributed by atoms with Crippen LogP contribution in [0.1, 0.15) is 6.42 Å². The number of rotatable bonds is 4. The zero-order chi connectivity index (χ0) is 15.8. The van der Waals surface area contributed by atoms with E-state index in [1.165, 1.54) is 19.2 Å². The molecule has 1 aromatic rings. The molecule has 1 N–H and O–H groups in total. The number of halogens is 2. The summed E-state index contributed by atoms with van der Waals surface area (Å²) in [5.74, 6) is -1.31. The van der Waals surface area contributed by atoms with Crippen LogP contribution in [-0.4, -0.2) is 44.0 Å². The molecule has 6 nitrogen and oxygen atoms in total. The molecule has 0 bridgehead atoms. The number of hydrogen-bond donors (Lipinski definition) is 1. The van der Waals surface area contributed by atoms with Crippen molar-refractivity contribution in [3.63, 3.8) is 0 Å². The number of hydrogen-bond acceptors (Lipinski definition) is 4. The lowest BCUT2D eigenvalue weighted by Gasteiger charge is -2.18. The Bertz CT molecular complexity index is 678. The van der Waals surface area contributed by atoms with Crippen molar-refractivity contribution in [2.24, 2.45) is 5.92 Å². The number of aliphatic carboxylic acids is 1. The Balaban J connectivity index is 2.37. The molecular weight excluding hydrogens is 386 g/mol. The van der Waals surface area contributed by atoms with E-state index in [-0.39, 0.29) is 23.0 Å². The third-order valence-corrected chi connectivity index (χ3v) is 6.44. The summed E-state index contributed by atoms with van der Waals surface area (Å²) >= 11 is 9.16. The number of ether oxygens (including phenoxy) is 1. The van der Waals surface area contributed by atoms with Crippen molar-refractivity contribution in [2.45, 2.75) is 11.3 Å². The van der Waals surface area contributed by atoms with Crippen LogP contribution in [0.4, 0.5) is 0 Å². The summed E-state index contributed by atoms with van der Waals surface area (Å²) in [6, 6.07) is 2.77. The molecule has 21 heavy (non-hydrogen) atoms. The van der Waals surface area contributed by atoms with Gasteiger partial charge >= 0.3 is 5.97 Å². The molecule has 1 unspecified atom stereocenters. The Kier molecular flexibility index (Phi) is 4.82. The summed E-state index contributed by atoms with van der Waals surface area (Å²) in [6.07, 6.45) is 0.302. The lowest BCUT2D eigenvalue weighted by molar-refractivity contribution is -0.141. The third-order valence-electron chi connectivity index (χ3n) is 3.32. The van der Waals surface area contributed by atoms with E-state index in [0.717, 1.165) is 4.31 Å². The first-order valence-electron chi connectivity index (χ1n) is 6.03. The summed E-state index contributed by atoms with van der Waals surface area (Å²) < 4.78 is 31.7. The monoisotopic (exact) mass is 397 g/mol. The minimum Gasteiger partial charge on any atom is -0.495 e. The van der Waals surface area contributed by atoms with Crippen LogP contribution in [0.25, 0.3) is 0 Å². The van der Waals surface area contributed by atoms with Gasteiger partial charge in [-0.2, -0.15) is 4.31 Å². The fourth-order valence-electron chi connectivity index (χ4n) is 2.15. The maximum Gasteiger partial charge on any atom is 0.307 e. The Labute approximate surface area is 135 Å². The molecule has 0 aromatic heterocycles. The Hall–Kier alpha value is -0.830. The van der Waals surface area contributed by atoms with Crippen LogP contribution in [-0.2, 0) is 14.8 Å². The fourth-order valence-corrected chi connectivity index (χ4v) is 4.97. The van der Waals surface area contributed by atoms with E-state index < -0.39 is 21.9 Å². The Morgan fingerprint density at radius 2 is 2.19 bits per heavy atom. The topological polar surface area (TPSA) is 83.9 Å². The van der Waals surface area contributed by atoms with E-state index in [1.807, 2.05) is 0 Å². The van der Waals surface area contributed by atoms with Gasteiger partial charge in [0.05, 0.1) is 22.9 Å². The highest BCUT2D eigenvalue weighted by molar-refractivity contribution is 9.10. The van der Waals surface area contributed by atoms with Gasteiger partial charge in [0.25, 0.3) is 0 Å². The molecule has 0 radical (unpaired) electrons. The van der Waals surface area contributed by atoms with E-state index in [2.05, 4.69) is 15.9 Å².